The molecule has 1 rings (SSSR count). The highest BCUT2D eigenvalue weighted by Gasteiger charge is 2.20. The Hall–Kier alpha value is -1.98. The highest BCUT2D eigenvalue weighted by Crippen LogP contribution is 2.16. The Bertz CT molecular complexity index is 476. The number of ether oxygens (including phenoxy) is 3. The quantitative estimate of drug-likeness (QED) is 0.685. The number of esters is 1. The molecule has 0 aliphatic carbocycles. The minimum absolute atomic E-state index is 0.108. The minimum Gasteiger partial charge on any atom is -0.497 e. The average Bonchev–Trinajstić information content (AvgIpc) is 2.46. The summed E-state index contributed by atoms with van der Waals surface area (Å²) >= 11 is 0. The first-order chi connectivity index (χ1) is 11.3. The van der Waals surface area contributed by atoms with E-state index in [0.717, 1.165) is 5.57 Å². The van der Waals surface area contributed by atoms with Crippen molar-refractivity contribution in [2.45, 2.75) is 65.0 Å². The van der Waals surface area contributed by atoms with Gasteiger partial charge in [0.1, 0.15) is 12.2 Å². The van der Waals surface area contributed by atoms with E-state index in [1.165, 1.54) is 0 Å². The Morgan fingerprint density at radius 1 is 1.38 bits per heavy atom. The zero-order chi connectivity index (χ0) is 18.0. The maximum Gasteiger partial charge on any atom is 0.407 e. The van der Waals surface area contributed by atoms with E-state index in [4.69, 9.17) is 14.2 Å². The van der Waals surface area contributed by atoms with Crippen molar-refractivity contribution in [1.82, 2.24) is 5.32 Å². The molecule has 1 heterocycles. The van der Waals surface area contributed by atoms with Crippen LogP contribution in [0.15, 0.2) is 24.0 Å². The van der Waals surface area contributed by atoms with Gasteiger partial charge < -0.3 is 19.5 Å². The standard InChI is InChI=1S/C18H29NO5/c1-5-23-16(20)8-6-7-15(13-14-9-11-22-12-10-14)19-17(21)24-18(2,3)4/h9-11,15H,5-8,12-13H2,1-4H3,(H,19,21). The normalized spacial score (nSPS) is 15.1. The third kappa shape index (κ3) is 9.22. The molecule has 24 heavy (non-hydrogen) atoms. The fourth-order valence-electron chi connectivity index (χ4n) is 2.28. The summed E-state index contributed by atoms with van der Waals surface area (Å²) in [5.41, 5.74) is 0.552. The molecular formula is C18H29NO5. The van der Waals surface area contributed by atoms with Crippen LogP contribution in [0, 0.1) is 0 Å². The van der Waals surface area contributed by atoms with E-state index >= 15 is 0 Å². The van der Waals surface area contributed by atoms with Gasteiger partial charge in [-0.15, -0.1) is 0 Å². The van der Waals surface area contributed by atoms with Crippen molar-refractivity contribution in [3.63, 3.8) is 0 Å². The molecular weight excluding hydrogens is 310 g/mol. The summed E-state index contributed by atoms with van der Waals surface area (Å²) < 4.78 is 15.4. The lowest BCUT2D eigenvalue weighted by molar-refractivity contribution is -0.143. The van der Waals surface area contributed by atoms with Gasteiger partial charge in [-0.1, -0.05) is 0 Å². The number of hydrogen-bond acceptors (Lipinski definition) is 5. The van der Waals surface area contributed by atoms with E-state index < -0.39 is 11.7 Å². The second kappa shape index (κ2) is 10.0. The monoisotopic (exact) mass is 339 g/mol. The van der Waals surface area contributed by atoms with Crippen LogP contribution < -0.4 is 5.32 Å². The number of hydrogen-bond donors (Lipinski definition) is 1. The van der Waals surface area contributed by atoms with Crippen LogP contribution in [0.5, 0.6) is 0 Å². The average molecular weight is 339 g/mol. The van der Waals surface area contributed by atoms with Crippen molar-refractivity contribution in [1.29, 1.82) is 0 Å². The highest BCUT2D eigenvalue weighted by atomic mass is 16.6. The molecule has 1 aliphatic rings. The van der Waals surface area contributed by atoms with E-state index in [0.29, 0.717) is 38.9 Å². The SMILES string of the molecule is CCOC(=O)CCCC(CC1=CCOC=C1)NC(=O)OC(C)(C)C. The Labute approximate surface area is 144 Å². The van der Waals surface area contributed by atoms with Crippen LogP contribution in [0.25, 0.3) is 0 Å². The molecule has 0 spiro atoms. The summed E-state index contributed by atoms with van der Waals surface area (Å²) in [6.45, 7) is 8.18. The van der Waals surface area contributed by atoms with Crippen LogP contribution in [0.4, 0.5) is 4.79 Å². The van der Waals surface area contributed by atoms with Gasteiger partial charge in [-0.25, -0.2) is 4.79 Å². The van der Waals surface area contributed by atoms with Crippen molar-refractivity contribution in [2.75, 3.05) is 13.2 Å². The fraction of sp³-hybridized carbons (Fsp3) is 0.667. The topological polar surface area (TPSA) is 73.9 Å². The Kier molecular flexibility index (Phi) is 8.36. The van der Waals surface area contributed by atoms with Crippen LogP contribution in [0.2, 0.25) is 0 Å². The van der Waals surface area contributed by atoms with Gasteiger partial charge in [0.2, 0.25) is 0 Å². The van der Waals surface area contributed by atoms with Gasteiger partial charge in [-0.2, -0.15) is 0 Å². The van der Waals surface area contributed by atoms with Gasteiger partial charge in [0.25, 0.3) is 0 Å². The zero-order valence-electron chi connectivity index (χ0n) is 15.1. The van der Waals surface area contributed by atoms with Gasteiger partial charge in [-0.3, -0.25) is 4.79 Å². The smallest absolute Gasteiger partial charge is 0.407 e. The van der Waals surface area contributed by atoms with Crippen molar-refractivity contribution < 1.29 is 23.8 Å². The number of carbonyl (C=O) groups is 2. The number of alkyl carbamates (subject to hydrolysis) is 1. The number of amides is 1. The number of nitrogens with one attached hydrogen (secondary N) is 1. The number of carbonyl (C=O) groups excluding carboxylic acids is 2. The molecule has 0 saturated carbocycles. The van der Waals surface area contributed by atoms with Gasteiger partial charge >= 0.3 is 12.1 Å². The lowest BCUT2D eigenvalue weighted by Crippen LogP contribution is -2.39. The summed E-state index contributed by atoms with van der Waals surface area (Å²) in [5.74, 6) is -0.210. The Morgan fingerprint density at radius 2 is 2.12 bits per heavy atom. The predicted molar refractivity (Wildman–Crippen MR) is 91.4 cm³/mol. The summed E-state index contributed by atoms with van der Waals surface area (Å²) in [6, 6.07) is -0.108. The molecule has 0 radical (unpaired) electrons. The molecule has 1 unspecified atom stereocenters. The second-order valence-corrected chi connectivity index (χ2v) is 6.66. The molecule has 0 bridgehead atoms. The molecule has 1 amide bonds. The first-order valence-electron chi connectivity index (χ1n) is 8.42. The molecule has 0 aromatic heterocycles. The van der Waals surface area contributed by atoms with Gasteiger partial charge in [0, 0.05) is 12.5 Å². The van der Waals surface area contributed by atoms with Gasteiger partial charge in [-0.05, 0) is 64.7 Å². The lowest BCUT2D eigenvalue weighted by Gasteiger charge is -2.24. The summed E-state index contributed by atoms with van der Waals surface area (Å²) in [5, 5.41) is 2.90. The maximum atomic E-state index is 12.0. The van der Waals surface area contributed by atoms with E-state index in [1.54, 1.807) is 13.2 Å². The van der Waals surface area contributed by atoms with E-state index in [1.807, 2.05) is 32.9 Å². The van der Waals surface area contributed by atoms with E-state index in [9.17, 15) is 9.59 Å². The van der Waals surface area contributed by atoms with Gasteiger partial charge in [0.05, 0.1) is 12.9 Å². The summed E-state index contributed by atoms with van der Waals surface area (Å²) in [7, 11) is 0. The molecule has 6 heteroatoms. The van der Waals surface area contributed by atoms with E-state index in [-0.39, 0.29) is 12.0 Å². The molecule has 6 nitrogen and oxygen atoms in total. The van der Waals surface area contributed by atoms with Crippen LogP contribution in [0.1, 0.15) is 53.4 Å². The highest BCUT2D eigenvalue weighted by molar-refractivity contribution is 5.69. The molecule has 1 N–H and O–H groups in total. The molecule has 1 atom stereocenters. The van der Waals surface area contributed by atoms with Crippen LogP contribution in [0.3, 0.4) is 0 Å². The third-order valence-corrected chi connectivity index (χ3v) is 3.26. The molecule has 0 fully saturated rings. The van der Waals surface area contributed by atoms with Crippen LogP contribution >= 0.6 is 0 Å². The summed E-state index contributed by atoms with van der Waals surface area (Å²) in [6.07, 6.45) is 7.41. The molecule has 0 aromatic carbocycles. The third-order valence-electron chi connectivity index (χ3n) is 3.26. The first kappa shape index (κ1) is 20.1. The Balaban J connectivity index is 2.54. The Morgan fingerprint density at radius 3 is 2.71 bits per heavy atom. The van der Waals surface area contributed by atoms with Crippen LogP contribution in [-0.4, -0.2) is 36.9 Å². The minimum atomic E-state index is -0.544. The number of rotatable bonds is 8. The maximum absolute atomic E-state index is 12.0. The molecule has 1 aliphatic heterocycles. The van der Waals surface area contributed by atoms with Gasteiger partial charge in [0.15, 0.2) is 0 Å². The van der Waals surface area contributed by atoms with Crippen LogP contribution in [-0.2, 0) is 19.0 Å². The largest absolute Gasteiger partial charge is 0.497 e. The van der Waals surface area contributed by atoms with Crippen molar-refractivity contribution >= 4 is 12.1 Å². The van der Waals surface area contributed by atoms with Crippen molar-refractivity contribution in [3.05, 3.63) is 24.0 Å². The molecule has 0 saturated heterocycles. The lowest BCUT2D eigenvalue weighted by atomic mass is 10.00. The predicted octanol–water partition coefficient (Wildman–Crippen LogP) is 3.47. The van der Waals surface area contributed by atoms with E-state index in [2.05, 4.69) is 5.32 Å². The first-order valence-corrected chi connectivity index (χ1v) is 8.42. The number of allylic oxidation sites excluding steroid dienone is 1. The zero-order valence-corrected chi connectivity index (χ0v) is 15.1. The summed E-state index contributed by atoms with van der Waals surface area (Å²) in [4.78, 5) is 23.5. The molecule has 0 aromatic rings. The second-order valence-electron chi connectivity index (χ2n) is 6.66. The van der Waals surface area contributed by atoms with Crippen molar-refractivity contribution in [3.8, 4) is 0 Å². The molecule has 136 valence electrons. The van der Waals surface area contributed by atoms with Crippen molar-refractivity contribution in [2.24, 2.45) is 0 Å². The fourth-order valence-corrected chi connectivity index (χ4v) is 2.28.